The monoisotopic (exact) mass is 256 g/mol. The zero-order valence-corrected chi connectivity index (χ0v) is 12.7. The summed E-state index contributed by atoms with van der Waals surface area (Å²) in [6, 6.07) is 0. The summed E-state index contributed by atoms with van der Waals surface area (Å²) < 4.78 is 5.69. The maximum absolute atomic E-state index is 6.11. The Bertz CT molecular complexity index is 223. The van der Waals surface area contributed by atoms with Crippen molar-refractivity contribution < 1.29 is 4.74 Å². The van der Waals surface area contributed by atoms with Gasteiger partial charge in [0.05, 0.1) is 12.7 Å². The second kappa shape index (κ2) is 7.46. The highest BCUT2D eigenvalue weighted by atomic mass is 16.5. The van der Waals surface area contributed by atoms with Gasteiger partial charge >= 0.3 is 0 Å². The molecule has 1 saturated carbocycles. The molecule has 3 heteroatoms. The summed E-state index contributed by atoms with van der Waals surface area (Å²) in [5, 5.41) is 0. The van der Waals surface area contributed by atoms with E-state index in [0.29, 0.717) is 6.10 Å². The van der Waals surface area contributed by atoms with Gasteiger partial charge in [-0.15, -0.1) is 0 Å². The summed E-state index contributed by atoms with van der Waals surface area (Å²) >= 11 is 0. The Morgan fingerprint density at radius 3 is 2.39 bits per heavy atom. The molecule has 108 valence electrons. The van der Waals surface area contributed by atoms with Gasteiger partial charge in [-0.3, -0.25) is 4.90 Å². The first-order valence-electron chi connectivity index (χ1n) is 7.61. The minimum atomic E-state index is 0.238. The fraction of sp³-hybridized carbons (Fsp3) is 1.00. The molecular formula is C15H32N2O. The molecule has 1 aliphatic rings. The van der Waals surface area contributed by atoms with Crippen molar-refractivity contribution in [1.29, 1.82) is 0 Å². The van der Waals surface area contributed by atoms with E-state index in [9.17, 15) is 0 Å². The summed E-state index contributed by atoms with van der Waals surface area (Å²) in [6.07, 6.45) is 5.46. The standard InChI is InChI=1S/C15H32N2O/c1-5-17(10-11-18-13(2)3)15(12-16)8-6-14(4)7-9-15/h13-14H,5-12,16H2,1-4H3. The molecule has 3 nitrogen and oxygen atoms in total. The van der Waals surface area contributed by atoms with Gasteiger partial charge in [0.25, 0.3) is 0 Å². The molecule has 0 heterocycles. The lowest BCUT2D eigenvalue weighted by molar-refractivity contribution is 0.00464. The molecule has 0 aromatic heterocycles. The summed E-state index contributed by atoms with van der Waals surface area (Å²) in [5.41, 5.74) is 6.35. The maximum Gasteiger partial charge on any atom is 0.0597 e. The van der Waals surface area contributed by atoms with Gasteiger partial charge in [0.1, 0.15) is 0 Å². The summed E-state index contributed by atoms with van der Waals surface area (Å²) in [7, 11) is 0. The van der Waals surface area contributed by atoms with Crippen molar-refractivity contribution in [2.75, 3.05) is 26.2 Å². The first kappa shape index (κ1) is 15.9. The van der Waals surface area contributed by atoms with Crippen LogP contribution in [0.2, 0.25) is 0 Å². The molecule has 0 radical (unpaired) electrons. The van der Waals surface area contributed by atoms with Crippen LogP contribution in [0.3, 0.4) is 0 Å². The third-order valence-corrected chi connectivity index (χ3v) is 4.45. The fourth-order valence-electron chi connectivity index (χ4n) is 3.08. The third-order valence-electron chi connectivity index (χ3n) is 4.45. The molecular weight excluding hydrogens is 224 g/mol. The topological polar surface area (TPSA) is 38.5 Å². The number of likely N-dealkylation sites (N-methyl/N-ethyl adjacent to an activating group) is 1. The molecule has 1 rings (SSSR count). The van der Waals surface area contributed by atoms with E-state index in [-0.39, 0.29) is 5.54 Å². The van der Waals surface area contributed by atoms with Crippen molar-refractivity contribution in [2.24, 2.45) is 11.7 Å². The highest BCUT2D eigenvalue weighted by Gasteiger charge is 2.37. The average Bonchev–Trinajstić information content (AvgIpc) is 2.36. The number of ether oxygens (including phenoxy) is 1. The normalized spacial score (nSPS) is 29.2. The van der Waals surface area contributed by atoms with Gasteiger partial charge < -0.3 is 10.5 Å². The van der Waals surface area contributed by atoms with Gasteiger partial charge in [-0.2, -0.15) is 0 Å². The molecule has 0 saturated heterocycles. The largest absolute Gasteiger partial charge is 0.377 e. The van der Waals surface area contributed by atoms with E-state index < -0.39 is 0 Å². The van der Waals surface area contributed by atoms with E-state index in [1.165, 1.54) is 25.7 Å². The maximum atomic E-state index is 6.11. The highest BCUT2D eigenvalue weighted by Crippen LogP contribution is 2.35. The minimum Gasteiger partial charge on any atom is -0.377 e. The molecule has 1 fully saturated rings. The summed E-state index contributed by atoms with van der Waals surface area (Å²) in [5.74, 6) is 0.871. The quantitative estimate of drug-likeness (QED) is 0.761. The van der Waals surface area contributed by atoms with Gasteiger partial charge in [-0.1, -0.05) is 13.8 Å². The molecule has 1 aliphatic carbocycles. The van der Waals surface area contributed by atoms with E-state index in [1.54, 1.807) is 0 Å². The van der Waals surface area contributed by atoms with E-state index in [2.05, 4.69) is 32.6 Å². The Morgan fingerprint density at radius 2 is 1.94 bits per heavy atom. The molecule has 0 unspecified atom stereocenters. The molecule has 0 aromatic carbocycles. The van der Waals surface area contributed by atoms with Crippen LogP contribution >= 0.6 is 0 Å². The Balaban J connectivity index is 2.54. The van der Waals surface area contributed by atoms with Crippen LogP contribution in [-0.4, -0.2) is 42.8 Å². The summed E-state index contributed by atoms with van der Waals surface area (Å²) in [6.45, 7) is 12.5. The second-order valence-electron chi connectivity index (χ2n) is 6.11. The number of hydrogen-bond donors (Lipinski definition) is 1. The lowest BCUT2D eigenvalue weighted by atomic mass is 9.76. The van der Waals surface area contributed by atoms with Crippen molar-refractivity contribution in [3.05, 3.63) is 0 Å². The van der Waals surface area contributed by atoms with Crippen LogP contribution < -0.4 is 5.73 Å². The van der Waals surface area contributed by atoms with Gasteiger partial charge in [0.2, 0.25) is 0 Å². The van der Waals surface area contributed by atoms with E-state index in [4.69, 9.17) is 10.5 Å². The van der Waals surface area contributed by atoms with Crippen molar-refractivity contribution in [3.8, 4) is 0 Å². The molecule has 18 heavy (non-hydrogen) atoms. The number of nitrogens with zero attached hydrogens (tertiary/aromatic N) is 1. The van der Waals surface area contributed by atoms with Crippen LogP contribution in [0, 0.1) is 5.92 Å². The second-order valence-corrected chi connectivity index (χ2v) is 6.11. The van der Waals surface area contributed by atoms with Gasteiger partial charge in [-0.05, 0) is 52.0 Å². The average molecular weight is 256 g/mol. The molecule has 2 N–H and O–H groups in total. The van der Waals surface area contributed by atoms with Crippen LogP contribution in [0.5, 0.6) is 0 Å². The van der Waals surface area contributed by atoms with Gasteiger partial charge in [0, 0.05) is 18.6 Å². The minimum absolute atomic E-state index is 0.238. The highest BCUT2D eigenvalue weighted by molar-refractivity contribution is 4.95. The first-order valence-corrected chi connectivity index (χ1v) is 7.61. The van der Waals surface area contributed by atoms with E-state index in [1.807, 2.05) is 0 Å². The van der Waals surface area contributed by atoms with E-state index >= 15 is 0 Å². The molecule has 0 amide bonds. The van der Waals surface area contributed by atoms with Crippen molar-refractivity contribution in [3.63, 3.8) is 0 Å². The number of rotatable bonds is 7. The van der Waals surface area contributed by atoms with Gasteiger partial charge in [0.15, 0.2) is 0 Å². The zero-order chi connectivity index (χ0) is 13.6. The molecule has 0 atom stereocenters. The fourth-order valence-corrected chi connectivity index (χ4v) is 3.08. The lowest BCUT2D eigenvalue weighted by Gasteiger charge is -2.47. The van der Waals surface area contributed by atoms with Crippen LogP contribution in [0.1, 0.15) is 53.4 Å². The molecule has 0 aromatic rings. The lowest BCUT2D eigenvalue weighted by Crippen LogP contribution is -2.56. The zero-order valence-electron chi connectivity index (χ0n) is 12.7. The Morgan fingerprint density at radius 1 is 1.33 bits per heavy atom. The Kier molecular flexibility index (Phi) is 6.61. The Labute approximate surface area is 113 Å². The van der Waals surface area contributed by atoms with Crippen LogP contribution in [0.4, 0.5) is 0 Å². The molecule has 0 bridgehead atoms. The van der Waals surface area contributed by atoms with Crippen molar-refractivity contribution in [1.82, 2.24) is 4.90 Å². The van der Waals surface area contributed by atoms with Crippen LogP contribution in [0.15, 0.2) is 0 Å². The molecule has 0 aliphatic heterocycles. The SMILES string of the molecule is CCN(CCOC(C)C)C1(CN)CCC(C)CC1. The van der Waals surface area contributed by atoms with Crippen LogP contribution in [0.25, 0.3) is 0 Å². The van der Waals surface area contributed by atoms with Crippen molar-refractivity contribution in [2.45, 2.75) is 65.0 Å². The third kappa shape index (κ3) is 4.22. The predicted octanol–water partition coefficient (Wildman–Crippen LogP) is 2.64. The number of nitrogens with two attached hydrogens (primary N) is 1. The number of hydrogen-bond acceptors (Lipinski definition) is 3. The first-order chi connectivity index (χ1) is 8.54. The smallest absolute Gasteiger partial charge is 0.0597 e. The van der Waals surface area contributed by atoms with E-state index in [0.717, 1.165) is 32.2 Å². The van der Waals surface area contributed by atoms with Crippen LogP contribution in [-0.2, 0) is 4.74 Å². The van der Waals surface area contributed by atoms with Gasteiger partial charge in [-0.25, -0.2) is 0 Å². The Hall–Kier alpha value is -0.120. The predicted molar refractivity (Wildman–Crippen MR) is 77.8 cm³/mol. The summed E-state index contributed by atoms with van der Waals surface area (Å²) in [4.78, 5) is 2.56. The van der Waals surface area contributed by atoms with Crippen molar-refractivity contribution >= 4 is 0 Å². The molecule has 0 spiro atoms.